The molecule has 0 aliphatic carbocycles. The van der Waals surface area contributed by atoms with Gasteiger partial charge in [0, 0.05) is 12.1 Å². The van der Waals surface area contributed by atoms with Gasteiger partial charge in [-0.2, -0.15) is 0 Å². The maximum atomic E-state index is 11.5. The summed E-state index contributed by atoms with van der Waals surface area (Å²) in [5, 5.41) is 1.53. The highest BCUT2D eigenvalue weighted by atomic mass is 16.8. The predicted molar refractivity (Wildman–Crippen MR) is 91.9 cm³/mol. The summed E-state index contributed by atoms with van der Waals surface area (Å²) in [6, 6.07) is 6.60. The number of ether oxygens (including phenoxy) is 3. The van der Waals surface area contributed by atoms with Crippen LogP contribution in [0.2, 0.25) is 0 Å². The average molecular weight is 344 g/mol. The van der Waals surface area contributed by atoms with Crippen LogP contribution >= 0.6 is 0 Å². The number of fused-ring (bicyclic) bond motifs is 2. The molecule has 1 aliphatic heterocycles. The Bertz CT molecular complexity index is 994. The summed E-state index contributed by atoms with van der Waals surface area (Å²) in [6.07, 6.45) is 1.34. The van der Waals surface area contributed by atoms with Crippen molar-refractivity contribution >= 4 is 21.9 Å². The molecular weight excluding hydrogens is 324 g/mol. The van der Waals surface area contributed by atoms with E-state index in [1.807, 2.05) is 33.8 Å². The van der Waals surface area contributed by atoms with E-state index < -0.39 is 17.0 Å². The first-order chi connectivity index (χ1) is 11.8. The Kier molecular flexibility index (Phi) is 3.46. The smallest absolute Gasteiger partial charge is 0.336 e. The van der Waals surface area contributed by atoms with Gasteiger partial charge in [0.1, 0.15) is 29.6 Å². The molecule has 6 heteroatoms. The van der Waals surface area contributed by atoms with Crippen LogP contribution in [0.1, 0.15) is 27.7 Å². The van der Waals surface area contributed by atoms with Gasteiger partial charge in [-0.05, 0) is 39.8 Å². The van der Waals surface area contributed by atoms with E-state index in [1.165, 1.54) is 6.07 Å². The first-order valence-corrected chi connectivity index (χ1v) is 8.20. The third-order valence-corrected chi connectivity index (χ3v) is 4.40. The van der Waals surface area contributed by atoms with Gasteiger partial charge in [0.2, 0.25) is 0 Å². The Hall–Kier alpha value is -2.31. The molecule has 0 N–H and O–H groups in total. The largest absolute Gasteiger partial charge is 0.489 e. The van der Waals surface area contributed by atoms with Crippen LogP contribution in [0.3, 0.4) is 0 Å². The lowest BCUT2D eigenvalue weighted by molar-refractivity contribution is -0.158. The Morgan fingerprint density at radius 1 is 1.08 bits per heavy atom. The van der Waals surface area contributed by atoms with Crippen molar-refractivity contribution in [2.75, 3.05) is 6.61 Å². The summed E-state index contributed by atoms with van der Waals surface area (Å²) >= 11 is 0. The molecule has 0 spiro atoms. The third-order valence-electron chi connectivity index (χ3n) is 4.40. The monoisotopic (exact) mass is 344 g/mol. The van der Waals surface area contributed by atoms with Crippen LogP contribution in [-0.2, 0) is 9.47 Å². The number of hydrogen-bond acceptors (Lipinski definition) is 6. The van der Waals surface area contributed by atoms with Crippen molar-refractivity contribution < 1.29 is 23.0 Å². The van der Waals surface area contributed by atoms with Gasteiger partial charge in [0.05, 0.1) is 22.6 Å². The maximum absolute atomic E-state index is 11.5. The average Bonchev–Trinajstić information content (AvgIpc) is 3.04. The molecule has 132 valence electrons. The van der Waals surface area contributed by atoms with Gasteiger partial charge in [-0.15, -0.1) is 0 Å². The summed E-state index contributed by atoms with van der Waals surface area (Å²) in [7, 11) is 0. The van der Waals surface area contributed by atoms with E-state index in [2.05, 4.69) is 0 Å². The molecule has 25 heavy (non-hydrogen) atoms. The quantitative estimate of drug-likeness (QED) is 0.672. The second-order valence-electron chi connectivity index (χ2n) is 7.23. The molecule has 1 fully saturated rings. The summed E-state index contributed by atoms with van der Waals surface area (Å²) < 4.78 is 28.7. The lowest BCUT2D eigenvalue weighted by Crippen LogP contribution is -2.37. The SMILES string of the molecule is CC1(C)OC(COc2c3ccoc3cc3oc(=O)ccc23)C(C)(C)O1. The number of rotatable bonds is 3. The van der Waals surface area contributed by atoms with Gasteiger partial charge < -0.3 is 23.0 Å². The van der Waals surface area contributed by atoms with Gasteiger partial charge in [-0.1, -0.05) is 0 Å². The fourth-order valence-electron chi connectivity index (χ4n) is 3.37. The van der Waals surface area contributed by atoms with E-state index in [4.69, 9.17) is 23.0 Å². The van der Waals surface area contributed by atoms with Crippen LogP contribution in [0.4, 0.5) is 0 Å². The van der Waals surface area contributed by atoms with Crippen molar-refractivity contribution in [2.45, 2.75) is 45.2 Å². The van der Waals surface area contributed by atoms with Crippen LogP contribution in [0.15, 0.2) is 44.2 Å². The molecule has 0 bridgehead atoms. The standard InChI is InChI=1S/C19H20O6/c1-18(2)15(24-19(3,4)25-18)10-22-17-11-5-6-16(20)23-14(11)9-13-12(17)7-8-21-13/h5-9,15H,10H2,1-4H3. The zero-order chi connectivity index (χ0) is 17.8. The van der Waals surface area contributed by atoms with Gasteiger partial charge in [-0.3, -0.25) is 0 Å². The number of furan rings is 1. The lowest BCUT2D eigenvalue weighted by Gasteiger charge is -2.24. The zero-order valence-corrected chi connectivity index (χ0v) is 14.6. The van der Waals surface area contributed by atoms with Crippen LogP contribution in [0, 0.1) is 0 Å². The molecule has 3 heterocycles. The van der Waals surface area contributed by atoms with Crippen LogP contribution < -0.4 is 10.4 Å². The summed E-state index contributed by atoms with van der Waals surface area (Å²) in [5.74, 6) is -0.0530. The van der Waals surface area contributed by atoms with E-state index in [0.29, 0.717) is 28.9 Å². The van der Waals surface area contributed by atoms with Crippen LogP contribution in [-0.4, -0.2) is 24.1 Å². The van der Waals surface area contributed by atoms with Crippen molar-refractivity contribution in [3.63, 3.8) is 0 Å². The van der Waals surface area contributed by atoms with Gasteiger partial charge in [-0.25, -0.2) is 4.79 Å². The second kappa shape index (κ2) is 5.34. The van der Waals surface area contributed by atoms with Gasteiger partial charge in [0.15, 0.2) is 5.79 Å². The van der Waals surface area contributed by atoms with Crippen LogP contribution in [0.25, 0.3) is 21.9 Å². The van der Waals surface area contributed by atoms with Crippen molar-refractivity contribution in [1.29, 1.82) is 0 Å². The fourth-order valence-corrected chi connectivity index (χ4v) is 3.37. The molecule has 1 unspecified atom stereocenters. The van der Waals surface area contributed by atoms with E-state index >= 15 is 0 Å². The highest BCUT2D eigenvalue weighted by Gasteiger charge is 2.47. The number of hydrogen-bond donors (Lipinski definition) is 0. The van der Waals surface area contributed by atoms with E-state index in [0.717, 1.165) is 5.39 Å². The van der Waals surface area contributed by atoms with E-state index in [9.17, 15) is 4.79 Å². The minimum absolute atomic E-state index is 0.240. The fraction of sp³-hybridized carbons (Fsp3) is 0.421. The van der Waals surface area contributed by atoms with E-state index in [1.54, 1.807) is 18.4 Å². The minimum Gasteiger partial charge on any atom is -0.489 e. The Labute approximate surface area is 144 Å². The maximum Gasteiger partial charge on any atom is 0.336 e. The van der Waals surface area contributed by atoms with E-state index in [-0.39, 0.29) is 6.10 Å². The first kappa shape index (κ1) is 16.2. The molecule has 3 aromatic rings. The minimum atomic E-state index is -0.659. The molecule has 0 saturated carbocycles. The molecule has 6 nitrogen and oxygen atoms in total. The zero-order valence-electron chi connectivity index (χ0n) is 14.6. The summed E-state index contributed by atoms with van der Waals surface area (Å²) in [5.41, 5.74) is 0.129. The van der Waals surface area contributed by atoms with Crippen molar-refractivity contribution in [2.24, 2.45) is 0 Å². The second-order valence-corrected chi connectivity index (χ2v) is 7.23. The molecule has 1 atom stereocenters. The predicted octanol–water partition coefficient (Wildman–Crippen LogP) is 3.85. The molecule has 1 aromatic carbocycles. The number of benzene rings is 1. The van der Waals surface area contributed by atoms with Crippen molar-refractivity contribution in [3.05, 3.63) is 40.9 Å². The molecule has 0 amide bonds. The summed E-state index contributed by atoms with van der Waals surface area (Å²) in [6.45, 7) is 8.02. The third kappa shape index (κ3) is 2.81. The normalized spacial score (nSPS) is 21.8. The molecule has 4 rings (SSSR count). The first-order valence-electron chi connectivity index (χ1n) is 8.20. The summed E-state index contributed by atoms with van der Waals surface area (Å²) in [4.78, 5) is 11.5. The molecule has 2 aromatic heterocycles. The Balaban J connectivity index is 1.73. The Morgan fingerprint density at radius 2 is 1.84 bits per heavy atom. The highest BCUT2D eigenvalue weighted by molar-refractivity contribution is 6.01. The molecular formula is C19H20O6. The van der Waals surface area contributed by atoms with Crippen LogP contribution in [0.5, 0.6) is 5.75 Å². The van der Waals surface area contributed by atoms with Crippen molar-refractivity contribution in [1.82, 2.24) is 0 Å². The van der Waals surface area contributed by atoms with Crippen molar-refractivity contribution in [3.8, 4) is 5.75 Å². The topological polar surface area (TPSA) is 71.0 Å². The van der Waals surface area contributed by atoms with Gasteiger partial charge >= 0.3 is 5.63 Å². The van der Waals surface area contributed by atoms with Gasteiger partial charge in [0.25, 0.3) is 0 Å². The molecule has 1 aliphatic rings. The Morgan fingerprint density at radius 3 is 2.56 bits per heavy atom. The highest BCUT2D eigenvalue weighted by Crippen LogP contribution is 2.38. The molecule has 1 saturated heterocycles. The molecule has 0 radical (unpaired) electrons. The lowest BCUT2D eigenvalue weighted by atomic mass is 10.0.